The van der Waals surface area contributed by atoms with E-state index in [9.17, 15) is 14.9 Å². The Morgan fingerprint density at radius 3 is 2.35 bits per heavy atom. The molecule has 7 atom stereocenters. The van der Waals surface area contributed by atoms with Gasteiger partial charge in [-0.15, -0.1) is 0 Å². The second-order valence-electron chi connectivity index (χ2n) is 17.2. The highest BCUT2D eigenvalue weighted by atomic mass is 16.2. The second kappa shape index (κ2) is 9.72. The van der Waals surface area contributed by atoms with Crippen LogP contribution in [0.3, 0.4) is 0 Å². The second-order valence-corrected chi connectivity index (χ2v) is 17.2. The Bertz CT molecular complexity index is 1770. The highest BCUT2D eigenvalue weighted by Crippen LogP contribution is 2.74. The first-order valence-corrected chi connectivity index (χ1v) is 17.1. The van der Waals surface area contributed by atoms with E-state index in [1.165, 1.54) is 0 Å². The number of carbonyl (C=O) groups is 3. The number of allylic oxidation sites excluding steroid dienone is 4. The first-order valence-electron chi connectivity index (χ1n) is 17.1. The van der Waals surface area contributed by atoms with Crippen molar-refractivity contribution in [1.29, 1.82) is 5.26 Å². The minimum atomic E-state index is -0.694. The van der Waals surface area contributed by atoms with E-state index >= 15 is 4.79 Å². The first-order chi connectivity index (χ1) is 21.6. The van der Waals surface area contributed by atoms with E-state index in [1.54, 1.807) is 17.0 Å². The van der Waals surface area contributed by atoms with Gasteiger partial charge in [-0.3, -0.25) is 19.0 Å². The van der Waals surface area contributed by atoms with Gasteiger partial charge in [0.15, 0.2) is 11.6 Å². The summed E-state index contributed by atoms with van der Waals surface area (Å²) in [7, 11) is 0. The van der Waals surface area contributed by atoms with Crippen molar-refractivity contribution in [2.24, 2.45) is 50.2 Å². The van der Waals surface area contributed by atoms with Crippen LogP contribution in [0.15, 0.2) is 66.0 Å². The molecule has 0 amide bonds. The summed E-state index contributed by atoms with van der Waals surface area (Å²) >= 11 is 0. The van der Waals surface area contributed by atoms with Gasteiger partial charge in [0.2, 0.25) is 5.91 Å². The number of carbonyl (C=O) groups excluding carboxylic acids is 3. The van der Waals surface area contributed by atoms with E-state index in [-0.39, 0.29) is 57.0 Å². The lowest BCUT2D eigenvalue weighted by atomic mass is 9.34. The summed E-state index contributed by atoms with van der Waals surface area (Å²) in [5.41, 5.74) is -0.390. The summed E-state index contributed by atoms with van der Waals surface area (Å²) in [6.45, 7) is 15.4. The van der Waals surface area contributed by atoms with Crippen LogP contribution in [-0.4, -0.2) is 27.0 Å². The van der Waals surface area contributed by atoms with E-state index < -0.39 is 16.2 Å². The molecule has 2 unspecified atom stereocenters. The molecule has 0 radical (unpaired) electrons. The molecule has 1 aromatic heterocycles. The molecule has 0 aliphatic heterocycles. The van der Waals surface area contributed by atoms with Crippen molar-refractivity contribution in [1.82, 2.24) is 9.55 Å². The number of hydrogen-bond acceptors (Lipinski definition) is 5. The monoisotopic (exact) mass is 617 g/mol. The van der Waals surface area contributed by atoms with Crippen molar-refractivity contribution >= 4 is 17.5 Å². The van der Waals surface area contributed by atoms with Crippen LogP contribution in [-0.2, 0) is 9.59 Å². The molecular weight excluding hydrogens is 570 g/mol. The van der Waals surface area contributed by atoms with E-state index in [0.717, 1.165) is 56.1 Å². The molecule has 3 saturated carbocycles. The number of aromatic nitrogens is 2. The molecule has 0 bridgehead atoms. The Balaban J connectivity index is 1.37. The molecule has 240 valence electrons. The van der Waals surface area contributed by atoms with Crippen LogP contribution < -0.4 is 0 Å². The number of imidazole rings is 1. The van der Waals surface area contributed by atoms with Crippen LogP contribution in [0.5, 0.6) is 0 Å². The number of rotatable bonds is 2. The molecule has 1 aromatic carbocycles. The molecule has 1 heterocycles. The van der Waals surface area contributed by atoms with Crippen molar-refractivity contribution in [3.63, 3.8) is 0 Å². The number of nitrogens with zero attached hydrogens (tertiary/aromatic N) is 3. The molecule has 0 saturated heterocycles. The van der Waals surface area contributed by atoms with Gasteiger partial charge in [-0.1, -0.05) is 90.4 Å². The highest BCUT2D eigenvalue weighted by Gasteiger charge is 2.71. The minimum Gasteiger partial charge on any atom is -0.295 e. The predicted octanol–water partition coefficient (Wildman–Crippen LogP) is 8.41. The standard InChI is InChI=1S/C40H47N3O3/c1-35(2)15-17-40(34(46)43-20-19-42-33(43)25-11-9-8-10-12-25)18-16-39(7)31(27(40)23-35)28(44)21-30-37(5)22-26(24-41)32(45)36(3,4)29(37)13-14-38(30,39)6/h8-12,19-22,27,29,31H,13-18,23H2,1-7H3/t27?,29-,31?,37-,38+,39+,40-/m0/s1. The molecule has 6 heteroatoms. The lowest BCUT2D eigenvalue weighted by molar-refractivity contribution is -0.164. The Morgan fingerprint density at radius 1 is 0.957 bits per heavy atom. The largest absolute Gasteiger partial charge is 0.295 e. The first kappa shape index (κ1) is 31.0. The Morgan fingerprint density at radius 2 is 1.65 bits per heavy atom. The molecule has 7 rings (SSSR count). The number of benzene rings is 1. The third-order valence-corrected chi connectivity index (χ3v) is 14.2. The van der Waals surface area contributed by atoms with Gasteiger partial charge in [-0.2, -0.15) is 5.26 Å². The van der Waals surface area contributed by atoms with Gasteiger partial charge >= 0.3 is 0 Å². The molecule has 3 fully saturated rings. The maximum Gasteiger partial charge on any atom is 0.238 e. The maximum absolute atomic E-state index is 15.0. The quantitative estimate of drug-likeness (QED) is 0.337. The van der Waals surface area contributed by atoms with Crippen LogP contribution in [0.1, 0.15) is 98.2 Å². The number of hydrogen-bond donors (Lipinski definition) is 0. The summed E-state index contributed by atoms with van der Waals surface area (Å²) in [4.78, 5) is 47.9. The Hall–Kier alpha value is -3.59. The predicted molar refractivity (Wildman–Crippen MR) is 177 cm³/mol. The zero-order chi connectivity index (χ0) is 33.1. The SMILES string of the molecule is CC1(C)CC[C@]2(C(=O)n3ccnc3-c3ccccc3)CC[C@]3(C)C(C(=O)C=C4[C@@]5(C)C=C(C#N)C(=O)C(C)(C)[C@@H]5CC[C@]43C)C2C1. The van der Waals surface area contributed by atoms with Crippen molar-refractivity contribution in [2.45, 2.75) is 93.4 Å². The molecule has 6 nitrogen and oxygen atoms in total. The number of nitriles is 1. The Labute approximate surface area is 273 Å². The molecule has 5 aliphatic rings. The third-order valence-electron chi connectivity index (χ3n) is 14.2. The zero-order valence-corrected chi connectivity index (χ0v) is 28.4. The fourth-order valence-electron chi connectivity index (χ4n) is 11.5. The smallest absolute Gasteiger partial charge is 0.238 e. The summed E-state index contributed by atoms with van der Waals surface area (Å²) in [5, 5.41) is 10.0. The van der Waals surface area contributed by atoms with Crippen molar-refractivity contribution < 1.29 is 14.4 Å². The van der Waals surface area contributed by atoms with Gasteiger partial charge in [0.25, 0.3) is 0 Å². The zero-order valence-electron chi connectivity index (χ0n) is 28.4. The lowest BCUT2D eigenvalue weighted by Crippen LogP contribution is -2.66. The van der Waals surface area contributed by atoms with Crippen LogP contribution in [0.25, 0.3) is 11.4 Å². The van der Waals surface area contributed by atoms with Gasteiger partial charge < -0.3 is 0 Å². The van der Waals surface area contributed by atoms with Gasteiger partial charge in [-0.25, -0.2) is 4.98 Å². The summed E-state index contributed by atoms with van der Waals surface area (Å²) in [6.07, 6.45) is 13.1. The van der Waals surface area contributed by atoms with Crippen LogP contribution in [0.2, 0.25) is 0 Å². The minimum absolute atomic E-state index is 0.00685. The fraction of sp³-hybridized carbons (Fsp3) is 0.575. The topological polar surface area (TPSA) is 92.8 Å². The van der Waals surface area contributed by atoms with Crippen LogP contribution in [0, 0.1) is 61.6 Å². The van der Waals surface area contributed by atoms with Crippen LogP contribution >= 0.6 is 0 Å². The highest BCUT2D eigenvalue weighted by molar-refractivity contribution is 6.04. The number of ketones is 2. The van der Waals surface area contributed by atoms with E-state index in [2.05, 4.69) is 45.7 Å². The molecule has 0 N–H and O–H groups in total. The molecule has 0 spiro atoms. The average Bonchev–Trinajstić information content (AvgIpc) is 3.50. The lowest BCUT2D eigenvalue weighted by Gasteiger charge is -2.69. The van der Waals surface area contributed by atoms with E-state index in [4.69, 9.17) is 0 Å². The van der Waals surface area contributed by atoms with Gasteiger partial charge in [0, 0.05) is 34.7 Å². The van der Waals surface area contributed by atoms with Crippen LogP contribution in [0.4, 0.5) is 0 Å². The maximum atomic E-state index is 15.0. The number of fused-ring (bicyclic) bond motifs is 7. The number of Topliss-reactive ketones (excluding diaryl/α,β-unsaturated/α-hetero) is 1. The molecule has 2 aromatic rings. The van der Waals surface area contributed by atoms with E-state index in [1.807, 2.05) is 56.3 Å². The van der Waals surface area contributed by atoms with Gasteiger partial charge in [0.05, 0.1) is 11.0 Å². The Kier molecular flexibility index (Phi) is 6.56. The van der Waals surface area contributed by atoms with E-state index in [0.29, 0.717) is 5.82 Å². The average molecular weight is 618 g/mol. The summed E-state index contributed by atoms with van der Waals surface area (Å²) < 4.78 is 1.77. The van der Waals surface area contributed by atoms with Gasteiger partial charge in [-0.05, 0) is 79.1 Å². The normalized spacial score (nSPS) is 39.0. The van der Waals surface area contributed by atoms with Crippen molar-refractivity contribution in [3.8, 4) is 17.5 Å². The van der Waals surface area contributed by atoms with Gasteiger partial charge in [0.1, 0.15) is 11.9 Å². The molecular formula is C40H47N3O3. The summed E-state index contributed by atoms with van der Waals surface area (Å²) in [5.74, 6) is 0.369. The fourth-order valence-corrected chi connectivity index (χ4v) is 11.5. The molecule has 46 heavy (non-hydrogen) atoms. The summed E-state index contributed by atoms with van der Waals surface area (Å²) in [6, 6.07) is 12.1. The van der Waals surface area contributed by atoms with Crippen molar-refractivity contribution in [2.75, 3.05) is 0 Å². The third kappa shape index (κ3) is 3.87. The van der Waals surface area contributed by atoms with Crippen molar-refractivity contribution in [3.05, 3.63) is 66.0 Å². The molecule has 5 aliphatic carbocycles.